The molecule has 1 unspecified atom stereocenters. The van der Waals surface area contributed by atoms with Gasteiger partial charge in [0.15, 0.2) is 0 Å². The molecule has 0 saturated carbocycles. The summed E-state index contributed by atoms with van der Waals surface area (Å²) in [7, 11) is -2.00. The van der Waals surface area contributed by atoms with Gasteiger partial charge in [-0.2, -0.15) is 11.8 Å². The van der Waals surface area contributed by atoms with Crippen molar-refractivity contribution in [3.8, 4) is 0 Å². The number of sulfonamides is 1. The van der Waals surface area contributed by atoms with Crippen molar-refractivity contribution in [3.05, 3.63) is 24.3 Å². The number of rotatable bonds is 7. The molecule has 0 heterocycles. The fraction of sp³-hybridized carbons (Fsp3) is 0.500. The van der Waals surface area contributed by atoms with Crippen molar-refractivity contribution in [1.29, 1.82) is 0 Å². The summed E-state index contributed by atoms with van der Waals surface area (Å²) in [5.41, 5.74) is 0.649. The van der Waals surface area contributed by atoms with E-state index in [4.69, 9.17) is 0 Å². The van der Waals surface area contributed by atoms with Gasteiger partial charge in [0, 0.05) is 11.8 Å². The summed E-state index contributed by atoms with van der Waals surface area (Å²) in [6.45, 7) is 4.15. The van der Waals surface area contributed by atoms with Gasteiger partial charge < -0.3 is 5.32 Å². The summed E-state index contributed by atoms with van der Waals surface area (Å²) in [5, 5.41) is 3.25. The van der Waals surface area contributed by atoms with Crippen molar-refractivity contribution in [3.63, 3.8) is 0 Å². The van der Waals surface area contributed by atoms with E-state index in [0.29, 0.717) is 10.6 Å². The third kappa shape index (κ3) is 4.19. The molecule has 0 amide bonds. The van der Waals surface area contributed by atoms with Crippen molar-refractivity contribution in [1.82, 2.24) is 4.72 Å². The molecule has 0 radical (unpaired) electrons. The Labute approximate surface area is 114 Å². The Morgan fingerprint density at radius 1 is 1.33 bits per heavy atom. The molecule has 1 aromatic rings. The predicted octanol–water partition coefficient (Wildman–Crippen LogP) is 2.15. The van der Waals surface area contributed by atoms with E-state index >= 15 is 0 Å². The Kier molecular flexibility index (Phi) is 5.98. The quantitative estimate of drug-likeness (QED) is 0.807. The lowest BCUT2D eigenvalue weighted by Gasteiger charge is -2.17. The largest absolute Gasteiger partial charge is 0.381 e. The lowest BCUT2D eigenvalue weighted by atomic mass is 10.3. The maximum atomic E-state index is 11.9. The van der Waals surface area contributed by atoms with E-state index in [1.54, 1.807) is 18.2 Å². The monoisotopic (exact) mass is 288 g/mol. The normalized spacial score (nSPS) is 13.3. The summed E-state index contributed by atoms with van der Waals surface area (Å²) >= 11 is 1.83. The average molecular weight is 288 g/mol. The maximum Gasteiger partial charge on any atom is 0.242 e. The first-order valence-corrected chi connectivity index (χ1v) is 8.52. The molecule has 18 heavy (non-hydrogen) atoms. The number of para-hydroxylation sites is 1. The van der Waals surface area contributed by atoms with Gasteiger partial charge in [0.05, 0.1) is 5.69 Å². The van der Waals surface area contributed by atoms with E-state index in [-0.39, 0.29) is 6.04 Å². The van der Waals surface area contributed by atoms with E-state index in [1.807, 2.05) is 24.8 Å². The molecule has 1 atom stereocenters. The first kappa shape index (κ1) is 15.3. The molecule has 102 valence electrons. The second-order valence-electron chi connectivity index (χ2n) is 3.91. The lowest BCUT2D eigenvalue weighted by molar-refractivity contribution is 0.588. The predicted molar refractivity (Wildman–Crippen MR) is 78.8 cm³/mol. The fourth-order valence-electron chi connectivity index (χ4n) is 1.53. The zero-order valence-corrected chi connectivity index (χ0v) is 12.6. The molecular weight excluding hydrogens is 268 g/mol. The van der Waals surface area contributed by atoms with Gasteiger partial charge in [-0.15, -0.1) is 0 Å². The van der Waals surface area contributed by atoms with Crippen LogP contribution in [0, 0.1) is 0 Å². The zero-order valence-electron chi connectivity index (χ0n) is 10.9. The molecule has 0 aromatic heterocycles. The zero-order chi connectivity index (χ0) is 13.6. The molecular formula is C12H20N2O2S2. The fourth-order valence-corrected chi connectivity index (χ4v) is 3.10. The Hall–Kier alpha value is -0.720. The van der Waals surface area contributed by atoms with Crippen LogP contribution in [0.15, 0.2) is 29.2 Å². The van der Waals surface area contributed by atoms with Crippen LogP contribution in [0.3, 0.4) is 0 Å². The Morgan fingerprint density at radius 2 is 2.00 bits per heavy atom. The smallest absolute Gasteiger partial charge is 0.242 e. The first-order chi connectivity index (χ1) is 8.51. The third-order valence-electron chi connectivity index (χ3n) is 2.42. The minimum atomic E-state index is -3.41. The summed E-state index contributed by atoms with van der Waals surface area (Å²) in [6, 6.07) is 7.17. The SMILES string of the molecule is CCSCC(C)Nc1ccccc1S(=O)(=O)NC. The molecule has 4 nitrogen and oxygen atoms in total. The van der Waals surface area contributed by atoms with Crippen LogP contribution in [0.1, 0.15) is 13.8 Å². The highest BCUT2D eigenvalue weighted by Gasteiger charge is 2.16. The van der Waals surface area contributed by atoms with Gasteiger partial charge in [-0.05, 0) is 31.9 Å². The van der Waals surface area contributed by atoms with Gasteiger partial charge >= 0.3 is 0 Å². The summed E-state index contributed by atoms with van der Waals surface area (Å²) < 4.78 is 26.1. The highest BCUT2D eigenvalue weighted by Crippen LogP contribution is 2.21. The topological polar surface area (TPSA) is 58.2 Å². The van der Waals surface area contributed by atoms with Gasteiger partial charge in [0.1, 0.15) is 4.90 Å². The maximum absolute atomic E-state index is 11.9. The highest BCUT2D eigenvalue weighted by molar-refractivity contribution is 7.99. The van der Waals surface area contributed by atoms with Gasteiger partial charge in [-0.3, -0.25) is 0 Å². The van der Waals surface area contributed by atoms with Gasteiger partial charge in [-0.1, -0.05) is 19.1 Å². The Morgan fingerprint density at radius 3 is 2.61 bits per heavy atom. The number of thioether (sulfide) groups is 1. The number of anilines is 1. The molecule has 0 spiro atoms. The van der Waals surface area contributed by atoms with Gasteiger partial charge in [0.25, 0.3) is 0 Å². The molecule has 0 bridgehead atoms. The molecule has 0 saturated heterocycles. The number of hydrogen-bond acceptors (Lipinski definition) is 4. The molecule has 0 aliphatic heterocycles. The van der Waals surface area contributed by atoms with Crippen LogP contribution in [0.4, 0.5) is 5.69 Å². The standard InChI is InChI=1S/C12H20N2O2S2/c1-4-17-9-10(2)14-11-7-5-6-8-12(11)18(15,16)13-3/h5-8,10,13-14H,4,9H2,1-3H3. The summed E-state index contributed by atoms with van der Waals surface area (Å²) in [4.78, 5) is 0.292. The Bertz CT molecular complexity index is 475. The molecule has 0 aliphatic carbocycles. The van der Waals surface area contributed by atoms with Crippen LogP contribution in [-0.4, -0.2) is 33.0 Å². The minimum Gasteiger partial charge on any atom is -0.381 e. The lowest BCUT2D eigenvalue weighted by Crippen LogP contribution is -2.23. The summed E-state index contributed by atoms with van der Waals surface area (Å²) in [5.74, 6) is 2.01. The number of hydrogen-bond donors (Lipinski definition) is 2. The molecule has 6 heteroatoms. The second-order valence-corrected chi connectivity index (χ2v) is 7.08. The number of benzene rings is 1. The molecule has 1 rings (SSSR count). The van der Waals surface area contributed by atoms with Gasteiger partial charge in [-0.25, -0.2) is 13.1 Å². The molecule has 2 N–H and O–H groups in total. The minimum absolute atomic E-state index is 0.225. The number of nitrogens with one attached hydrogen (secondary N) is 2. The van der Waals surface area contributed by atoms with Crippen LogP contribution in [0.2, 0.25) is 0 Å². The Balaban J connectivity index is 2.90. The van der Waals surface area contributed by atoms with Crippen LogP contribution >= 0.6 is 11.8 Å². The van der Waals surface area contributed by atoms with E-state index < -0.39 is 10.0 Å². The van der Waals surface area contributed by atoms with E-state index in [2.05, 4.69) is 17.0 Å². The van der Waals surface area contributed by atoms with Crippen molar-refractivity contribution in [2.75, 3.05) is 23.9 Å². The van der Waals surface area contributed by atoms with Crippen molar-refractivity contribution in [2.45, 2.75) is 24.8 Å². The first-order valence-electron chi connectivity index (χ1n) is 5.88. The van der Waals surface area contributed by atoms with Crippen LogP contribution in [0.25, 0.3) is 0 Å². The van der Waals surface area contributed by atoms with Crippen molar-refractivity contribution in [2.24, 2.45) is 0 Å². The van der Waals surface area contributed by atoms with Crippen molar-refractivity contribution < 1.29 is 8.42 Å². The van der Waals surface area contributed by atoms with E-state index in [1.165, 1.54) is 7.05 Å². The summed E-state index contributed by atoms with van der Waals surface area (Å²) in [6.07, 6.45) is 0. The molecule has 0 aliphatic rings. The molecule has 0 fully saturated rings. The van der Waals surface area contributed by atoms with Crippen molar-refractivity contribution >= 4 is 27.5 Å². The van der Waals surface area contributed by atoms with E-state index in [0.717, 1.165) is 11.5 Å². The third-order valence-corrected chi connectivity index (χ3v) is 5.04. The second kappa shape index (κ2) is 7.01. The van der Waals surface area contributed by atoms with Gasteiger partial charge in [0.2, 0.25) is 10.0 Å². The van der Waals surface area contributed by atoms with E-state index in [9.17, 15) is 8.42 Å². The van der Waals surface area contributed by atoms with Crippen LogP contribution in [-0.2, 0) is 10.0 Å². The highest BCUT2D eigenvalue weighted by atomic mass is 32.2. The van der Waals surface area contributed by atoms with Crippen LogP contribution < -0.4 is 10.0 Å². The average Bonchev–Trinajstić information content (AvgIpc) is 2.37. The van der Waals surface area contributed by atoms with Crippen LogP contribution in [0.5, 0.6) is 0 Å². The molecule has 1 aromatic carbocycles.